The number of nitrogens with one attached hydrogen (secondary N) is 1. The Morgan fingerprint density at radius 3 is 2.39 bits per heavy atom. The van der Waals surface area contributed by atoms with Gasteiger partial charge in [0.25, 0.3) is 0 Å². The first-order valence-corrected chi connectivity index (χ1v) is 7.66. The molecule has 0 aromatic heterocycles. The first-order chi connectivity index (χ1) is 8.63. The first-order valence-electron chi connectivity index (χ1n) is 6.68. The molecule has 0 saturated carbocycles. The summed E-state index contributed by atoms with van der Waals surface area (Å²) in [5.41, 5.74) is 0. The molecule has 0 fully saturated rings. The number of aliphatic hydroxyl groups excluding tert-OH is 1. The van der Waals surface area contributed by atoms with Crippen LogP contribution in [0.15, 0.2) is 35.2 Å². The number of hydrogen-bond acceptors (Lipinski definition) is 3. The van der Waals surface area contributed by atoms with Crippen molar-refractivity contribution in [2.75, 3.05) is 12.4 Å². The molecular formula is C15H25NOS. The molecule has 0 saturated heterocycles. The maximum atomic E-state index is 8.95. The first kappa shape index (κ1) is 15.5. The third-order valence-electron chi connectivity index (χ3n) is 3.04. The largest absolute Gasteiger partial charge is 0.396 e. The molecule has 2 N–H and O–H groups in total. The molecule has 2 unspecified atom stereocenters. The SMILES string of the molecule is CC(CCO)NC(CSc1ccccc1)C(C)C. The molecule has 0 bridgehead atoms. The highest BCUT2D eigenvalue weighted by Crippen LogP contribution is 2.20. The Bertz CT molecular complexity index is 316. The summed E-state index contributed by atoms with van der Waals surface area (Å²) in [7, 11) is 0. The van der Waals surface area contributed by atoms with Gasteiger partial charge in [0.2, 0.25) is 0 Å². The van der Waals surface area contributed by atoms with Gasteiger partial charge in [-0.15, -0.1) is 11.8 Å². The van der Waals surface area contributed by atoms with Crippen LogP contribution in [0.3, 0.4) is 0 Å². The van der Waals surface area contributed by atoms with Gasteiger partial charge in [-0.3, -0.25) is 0 Å². The van der Waals surface area contributed by atoms with E-state index in [-0.39, 0.29) is 6.61 Å². The molecule has 1 aromatic carbocycles. The highest BCUT2D eigenvalue weighted by atomic mass is 32.2. The summed E-state index contributed by atoms with van der Waals surface area (Å²) < 4.78 is 0. The fraction of sp³-hybridized carbons (Fsp3) is 0.600. The smallest absolute Gasteiger partial charge is 0.0445 e. The Morgan fingerprint density at radius 2 is 1.83 bits per heavy atom. The standard InChI is InChI=1S/C15H25NOS/c1-12(2)15(16-13(3)9-10-17)11-18-14-7-5-4-6-8-14/h4-8,12-13,15-17H,9-11H2,1-3H3. The van der Waals surface area contributed by atoms with Crippen LogP contribution < -0.4 is 5.32 Å². The molecule has 1 aromatic rings. The van der Waals surface area contributed by atoms with Gasteiger partial charge in [0, 0.05) is 29.3 Å². The molecular weight excluding hydrogens is 242 g/mol. The molecule has 0 radical (unpaired) electrons. The van der Waals surface area contributed by atoms with E-state index >= 15 is 0 Å². The predicted molar refractivity (Wildman–Crippen MR) is 80.1 cm³/mol. The minimum absolute atomic E-state index is 0.255. The van der Waals surface area contributed by atoms with Crippen LogP contribution in [0.25, 0.3) is 0 Å². The van der Waals surface area contributed by atoms with E-state index in [0.29, 0.717) is 18.0 Å². The van der Waals surface area contributed by atoms with E-state index in [1.54, 1.807) is 0 Å². The van der Waals surface area contributed by atoms with Crippen molar-refractivity contribution in [2.45, 2.75) is 44.2 Å². The molecule has 102 valence electrons. The zero-order valence-electron chi connectivity index (χ0n) is 11.6. The summed E-state index contributed by atoms with van der Waals surface area (Å²) in [6.07, 6.45) is 0.819. The molecule has 0 aliphatic heterocycles. The van der Waals surface area contributed by atoms with E-state index in [1.165, 1.54) is 4.90 Å². The highest BCUT2D eigenvalue weighted by Gasteiger charge is 2.15. The summed E-state index contributed by atoms with van der Waals surface area (Å²) in [6.45, 7) is 6.88. The zero-order chi connectivity index (χ0) is 13.4. The number of hydrogen-bond donors (Lipinski definition) is 2. The fourth-order valence-corrected chi connectivity index (χ4v) is 2.98. The van der Waals surface area contributed by atoms with Crippen LogP contribution in [0.1, 0.15) is 27.2 Å². The molecule has 3 heteroatoms. The van der Waals surface area contributed by atoms with Crippen molar-refractivity contribution >= 4 is 11.8 Å². The van der Waals surface area contributed by atoms with Gasteiger partial charge in [-0.05, 0) is 31.4 Å². The predicted octanol–water partition coefficient (Wildman–Crippen LogP) is 3.16. The Labute approximate surface area is 115 Å². The van der Waals surface area contributed by atoms with E-state index in [0.717, 1.165) is 12.2 Å². The molecule has 18 heavy (non-hydrogen) atoms. The van der Waals surface area contributed by atoms with E-state index in [2.05, 4.69) is 50.4 Å². The topological polar surface area (TPSA) is 32.3 Å². The van der Waals surface area contributed by atoms with Crippen LogP contribution in [0.5, 0.6) is 0 Å². The van der Waals surface area contributed by atoms with E-state index in [4.69, 9.17) is 5.11 Å². The lowest BCUT2D eigenvalue weighted by atomic mass is 10.0. The summed E-state index contributed by atoms with van der Waals surface area (Å²) >= 11 is 1.89. The van der Waals surface area contributed by atoms with Gasteiger partial charge in [0.15, 0.2) is 0 Å². The third kappa shape index (κ3) is 5.89. The Hall–Kier alpha value is -0.510. The zero-order valence-corrected chi connectivity index (χ0v) is 12.4. The highest BCUT2D eigenvalue weighted by molar-refractivity contribution is 7.99. The molecule has 0 aliphatic carbocycles. The van der Waals surface area contributed by atoms with Crippen LogP contribution in [0.4, 0.5) is 0 Å². The van der Waals surface area contributed by atoms with Crippen LogP contribution >= 0.6 is 11.8 Å². The van der Waals surface area contributed by atoms with Crippen molar-refractivity contribution < 1.29 is 5.11 Å². The monoisotopic (exact) mass is 267 g/mol. The molecule has 2 atom stereocenters. The van der Waals surface area contributed by atoms with Crippen LogP contribution in [0, 0.1) is 5.92 Å². The normalized spacial score (nSPS) is 14.7. The maximum absolute atomic E-state index is 8.95. The van der Waals surface area contributed by atoms with E-state index in [9.17, 15) is 0 Å². The lowest BCUT2D eigenvalue weighted by Gasteiger charge is -2.26. The number of rotatable bonds is 8. The maximum Gasteiger partial charge on any atom is 0.0445 e. The van der Waals surface area contributed by atoms with Gasteiger partial charge in [-0.1, -0.05) is 32.0 Å². The average molecular weight is 267 g/mol. The van der Waals surface area contributed by atoms with Gasteiger partial charge < -0.3 is 10.4 Å². The van der Waals surface area contributed by atoms with E-state index < -0.39 is 0 Å². The Kier molecular flexibility index (Phi) is 7.40. The quantitative estimate of drug-likeness (QED) is 0.710. The molecule has 1 rings (SSSR count). The minimum atomic E-state index is 0.255. The molecule has 0 amide bonds. The van der Waals surface area contributed by atoms with Crippen LogP contribution in [0.2, 0.25) is 0 Å². The Morgan fingerprint density at radius 1 is 1.17 bits per heavy atom. The summed E-state index contributed by atoms with van der Waals surface area (Å²) in [6, 6.07) is 11.4. The third-order valence-corrected chi connectivity index (χ3v) is 4.17. The number of benzene rings is 1. The summed E-state index contributed by atoms with van der Waals surface area (Å²) in [5, 5.41) is 12.6. The minimum Gasteiger partial charge on any atom is -0.396 e. The summed E-state index contributed by atoms with van der Waals surface area (Å²) in [4.78, 5) is 1.32. The fourth-order valence-electron chi connectivity index (χ4n) is 1.78. The Balaban J connectivity index is 2.43. The van der Waals surface area contributed by atoms with Crippen LogP contribution in [-0.4, -0.2) is 29.5 Å². The van der Waals surface area contributed by atoms with Crippen molar-refractivity contribution in [3.05, 3.63) is 30.3 Å². The molecule has 2 nitrogen and oxygen atoms in total. The van der Waals surface area contributed by atoms with Crippen molar-refractivity contribution in [2.24, 2.45) is 5.92 Å². The lowest BCUT2D eigenvalue weighted by molar-refractivity contribution is 0.258. The van der Waals surface area contributed by atoms with Crippen molar-refractivity contribution in [3.8, 4) is 0 Å². The van der Waals surface area contributed by atoms with Gasteiger partial charge in [-0.25, -0.2) is 0 Å². The molecule has 0 heterocycles. The van der Waals surface area contributed by atoms with Crippen LogP contribution in [-0.2, 0) is 0 Å². The number of thioether (sulfide) groups is 1. The van der Waals surface area contributed by atoms with Gasteiger partial charge >= 0.3 is 0 Å². The van der Waals surface area contributed by atoms with Crippen molar-refractivity contribution in [1.82, 2.24) is 5.32 Å². The second-order valence-corrected chi connectivity index (χ2v) is 6.15. The van der Waals surface area contributed by atoms with Crippen molar-refractivity contribution in [3.63, 3.8) is 0 Å². The molecule has 0 spiro atoms. The second kappa shape index (κ2) is 8.57. The molecule has 0 aliphatic rings. The van der Waals surface area contributed by atoms with Gasteiger partial charge in [-0.2, -0.15) is 0 Å². The van der Waals surface area contributed by atoms with E-state index in [1.807, 2.05) is 17.8 Å². The van der Waals surface area contributed by atoms with Crippen molar-refractivity contribution in [1.29, 1.82) is 0 Å². The second-order valence-electron chi connectivity index (χ2n) is 5.05. The average Bonchev–Trinajstić information content (AvgIpc) is 2.35. The van der Waals surface area contributed by atoms with Gasteiger partial charge in [0.05, 0.1) is 0 Å². The number of aliphatic hydroxyl groups is 1. The van der Waals surface area contributed by atoms with Gasteiger partial charge in [0.1, 0.15) is 0 Å². The lowest BCUT2D eigenvalue weighted by Crippen LogP contribution is -2.42. The summed E-state index contributed by atoms with van der Waals surface area (Å²) in [5.74, 6) is 1.67.